The molecule has 1 aromatic carbocycles. The van der Waals surface area contributed by atoms with E-state index in [0.717, 1.165) is 0 Å². The zero-order valence-electron chi connectivity index (χ0n) is 9.99. The third-order valence-corrected chi connectivity index (χ3v) is 2.28. The highest BCUT2D eigenvalue weighted by molar-refractivity contribution is 5.89. The molecule has 6 nitrogen and oxygen atoms in total. The van der Waals surface area contributed by atoms with Gasteiger partial charge in [0.1, 0.15) is 17.1 Å². The van der Waals surface area contributed by atoms with Gasteiger partial charge in [-0.05, 0) is 25.1 Å². The first-order chi connectivity index (χ1) is 9.10. The minimum Gasteiger partial charge on any atom is -0.477 e. The Balaban J connectivity index is 2.40. The van der Waals surface area contributed by atoms with Crippen LogP contribution in [0.2, 0.25) is 0 Å². The average Bonchev–Trinajstić information content (AvgIpc) is 2.38. The zero-order valence-corrected chi connectivity index (χ0v) is 9.99. The zero-order chi connectivity index (χ0) is 13.8. The Bertz CT molecular complexity index is 677. The molecule has 0 aliphatic carbocycles. The minimum absolute atomic E-state index is 0.0462. The maximum absolute atomic E-state index is 11.0. The number of carboxylic acid groups (broad SMARTS) is 1. The van der Waals surface area contributed by atoms with Crippen molar-refractivity contribution in [3.63, 3.8) is 0 Å². The standard InChI is InChI=1S/C13H9N3O3/c1-8-15-7-11(13(17)18)12(16-8)19-10-4-2-3-9(5-10)6-14/h2-5,7H,1H3,(H,17,18). The molecule has 0 unspecified atom stereocenters. The molecule has 0 saturated heterocycles. The Morgan fingerprint density at radius 3 is 2.95 bits per heavy atom. The molecule has 0 aliphatic rings. The number of ether oxygens (including phenoxy) is 1. The Kier molecular flexibility index (Phi) is 3.39. The largest absolute Gasteiger partial charge is 0.477 e. The van der Waals surface area contributed by atoms with E-state index in [9.17, 15) is 4.79 Å². The van der Waals surface area contributed by atoms with Crippen LogP contribution in [0.3, 0.4) is 0 Å². The summed E-state index contributed by atoms with van der Waals surface area (Å²) in [6.45, 7) is 1.63. The molecule has 1 aromatic heterocycles. The van der Waals surface area contributed by atoms with Crippen LogP contribution < -0.4 is 4.74 Å². The smallest absolute Gasteiger partial charge is 0.342 e. The number of hydrogen-bond acceptors (Lipinski definition) is 5. The molecular weight excluding hydrogens is 246 g/mol. The highest BCUT2D eigenvalue weighted by atomic mass is 16.5. The fourth-order valence-electron chi connectivity index (χ4n) is 1.41. The van der Waals surface area contributed by atoms with E-state index in [4.69, 9.17) is 15.1 Å². The Morgan fingerprint density at radius 1 is 1.47 bits per heavy atom. The second-order valence-electron chi connectivity index (χ2n) is 3.68. The van der Waals surface area contributed by atoms with Gasteiger partial charge in [-0.15, -0.1) is 0 Å². The predicted molar refractivity (Wildman–Crippen MR) is 65.0 cm³/mol. The molecule has 0 fully saturated rings. The number of aryl methyl sites for hydroxylation is 1. The summed E-state index contributed by atoms with van der Waals surface area (Å²) in [5, 5.41) is 17.8. The monoisotopic (exact) mass is 255 g/mol. The summed E-state index contributed by atoms with van der Waals surface area (Å²) >= 11 is 0. The first kappa shape index (κ1) is 12.5. The molecule has 6 heteroatoms. The van der Waals surface area contributed by atoms with Gasteiger partial charge in [-0.3, -0.25) is 0 Å². The topological polar surface area (TPSA) is 96.1 Å². The highest BCUT2D eigenvalue weighted by Gasteiger charge is 2.15. The predicted octanol–water partition coefficient (Wildman–Crippen LogP) is 2.15. The van der Waals surface area contributed by atoms with Crippen LogP contribution in [0.4, 0.5) is 0 Å². The molecule has 0 radical (unpaired) electrons. The number of carboxylic acids is 1. The van der Waals surface area contributed by atoms with Crippen molar-refractivity contribution in [2.45, 2.75) is 6.92 Å². The second kappa shape index (κ2) is 5.14. The van der Waals surface area contributed by atoms with Crippen LogP contribution in [0, 0.1) is 18.3 Å². The van der Waals surface area contributed by atoms with Gasteiger partial charge >= 0.3 is 5.97 Å². The average molecular weight is 255 g/mol. The van der Waals surface area contributed by atoms with Crippen molar-refractivity contribution in [1.29, 1.82) is 5.26 Å². The maximum Gasteiger partial charge on any atom is 0.342 e. The normalized spacial score (nSPS) is 9.68. The lowest BCUT2D eigenvalue weighted by molar-refractivity contribution is 0.0693. The molecule has 0 spiro atoms. The van der Waals surface area contributed by atoms with Crippen LogP contribution in [-0.2, 0) is 0 Å². The summed E-state index contributed by atoms with van der Waals surface area (Å²) in [6, 6.07) is 8.35. The van der Waals surface area contributed by atoms with Crippen molar-refractivity contribution in [2.24, 2.45) is 0 Å². The lowest BCUT2D eigenvalue weighted by Crippen LogP contribution is -2.04. The van der Waals surface area contributed by atoms with E-state index in [2.05, 4.69) is 9.97 Å². The Hall–Kier alpha value is -2.94. The van der Waals surface area contributed by atoms with E-state index in [0.29, 0.717) is 17.1 Å². The minimum atomic E-state index is -1.17. The molecule has 0 aliphatic heterocycles. The van der Waals surface area contributed by atoms with Crippen LogP contribution in [0.5, 0.6) is 11.6 Å². The lowest BCUT2D eigenvalue weighted by atomic mass is 10.2. The number of nitriles is 1. The highest BCUT2D eigenvalue weighted by Crippen LogP contribution is 2.23. The van der Waals surface area contributed by atoms with Gasteiger partial charge in [0, 0.05) is 6.20 Å². The van der Waals surface area contributed by atoms with E-state index in [1.54, 1.807) is 25.1 Å². The van der Waals surface area contributed by atoms with E-state index in [1.165, 1.54) is 12.3 Å². The molecule has 1 heterocycles. The van der Waals surface area contributed by atoms with Gasteiger partial charge in [0.25, 0.3) is 0 Å². The number of aromatic carboxylic acids is 1. The van der Waals surface area contributed by atoms with Crippen LogP contribution in [-0.4, -0.2) is 21.0 Å². The first-order valence-electron chi connectivity index (χ1n) is 5.35. The van der Waals surface area contributed by atoms with Gasteiger partial charge in [-0.2, -0.15) is 10.2 Å². The van der Waals surface area contributed by atoms with Gasteiger partial charge < -0.3 is 9.84 Å². The molecule has 94 valence electrons. The molecule has 19 heavy (non-hydrogen) atoms. The molecular formula is C13H9N3O3. The van der Waals surface area contributed by atoms with E-state index in [1.807, 2.05) is 6.07 Å². The van der Waals surface area contributed by atoms with E-state index >= 15 is 0 Å². The first-order valence-corrected chi connectivity index (χ1v) is 5.35. The molecule has 0 bridgehead atoms. The summed E-state index contributed by atoms with van der Waals surface area (Å²) in [5.41, 5.74) is 0.285. The molecule has 0 saturated carbocycles. The van der Waals surface area contributed by atoms with Crippen LogP contribution in [0.15, 0.2) is 30.5 Å². The summed E-state index contributed by atoms with van der Waals surface area (Å²) in [5.74, 6) is -0.474. The number of hydrogen-bond donors (Lipinski definition) is 1. The number of carbonyl (C=O) groups is 1. The van der Waals surface area contributed by atoms with Crippen molar-refractivity contribution in [3.05, 3.63) is 47.4 Å². The van der Waals surface area contributed by atoms with Crippen LogP contribution >= 0.6 is 0 Å². The van der Waals surface area contributed by atoms with Crippen molar-refractivity contribution in [3.8, 4) is 17.7 Å². The van der Waals surface area contributed by atoms with Crippen molar-refractivity contribution in [1.82, 2.24) is 9.97 Å². The summed E-state index contributed by atoms with van der Waals surface area (Å²) in [6.07, 6.45) is 1.19. The Morgan fingerprint density at radius 2 is 2.26 bits per heavy atom. The van der Waals surface area contributed by atoms with Gasteiger partial charge in [0.2, 0.25) is 5.88 Å². The molecule has 0 atom stereocenters. The molecule has 2 aromatic rings. The van der Waals surface area contributed by atoms with Gasteiger partial charge in [-0.1, -0.05) is 6.07 Å². The number of rotatable bonds is 3. The second-order valence-corrected chi connectivity index (χ2v) is 3.68. The number of aromatic nitrogens is 2. The quantitative estimate of drug-likeness (QED) is 0.902. The van der Waals surface area contributed by atoms with Gasteiger partial charge in [0.15, 0.2) is 0 Å². The van der Waals surface area contributed by atoms with Gasteiger partial charge in [-0.25, -0.2) is 9.78 Å². The van der Waals surface area contributed by atoms with Crippen molar-refractivity contribution >= 4 is 5.97 Å². The molecule has 2 rings (SSSR count). The van der Waals surface area contributed by atoms with Crippen molar-refractivity contribution in [2.75, 3.05) is 0 Å². The number of benzene rings is 1. The fraction of sp³-hybridized carbons (Fsp3) is 0.0769. The van der Waals surface area contributed by atoms with Crippen molar-refractivity contribution < 1.29 is 14.6 Å². The maximum atomic E-state index is 11.0. The van der Waals surface area contributed by atoms with E-state index in [-0.39, 0.29) is 11.4 Å². The summed E-state index contributed by atoms with van der Waals surface area (Å²) < 4.78 is 5.41. The van der Waals surface area contributed by atoms with Crippen LogP contribution in [0.1, 0.15) is 21.7 Å². The Labute approximate surface area is 108 Å². The summed E-state index contributed by atoms with van der Waals surface area (Å²) in [4.78, 5) is 18.8. The fourth-order valence-corrected chi connectivity index (χ4v) is 1.41. The third kappa shape index (κ3) is 2.84. The van der Waals surface area contributed by atoms with Gasteiger partial charge in [0.05, 0.1) is 11.6 Å². The number of nitrogens with zero attached hydrogens (tertiary/aromatic N) is 3. The third-order valence-electron chi connectivity index (χ3n) is 2.28. The van der Waals surface area contributed by atoms with E-state index < -0.39 is 5.97 Å². The lowest BCUT2D eigenvalue weighted by Gasteiger charge is -2.07. The van der Waals surface area contributed by atoms with Crippen LogP contribution in [0.25, 0.3) is 0 Å². The summed E-state index contributed by atoms with van der Waals surface area (Å²) in [7, 11) is 0. The molecule has 1 N–H and O–H groups in total. The SMILES string of the molecule is Cc1ncc(C(=O)O)c(Oc2cccc(C#N)c2)n1. The molecule has 0 amide bonds.